The van der Waals surface area contributed by atoms with E-state index >= 15 is 0 Å². The molecular formula is C11H11NOS. The van der Waals surface area contributed by atoms with Crippen molar-refractivity contribution in [3.05, 3.63) is 52.0 Å². The highest BCUT2D eigenvalue weighted by Crippen LogP contribution is 2.21. The molecule has 1 N–H and O–H groups in total. The summed E-state index contributed by atoms with van der Waals surface area (Å²) in [5.41, 5.74) is 4.53. The molecule has 0 amide bonds. The lowest BCUT2D eigenvalue weighted by molar-refractivity contribution is 0.216. The Hall–Kier alpha value is -1.19. The van der Waals surface area contributed by atoms with Gasteiger partial charge in [-0.2, -0.15) is 0 Å². The molecule has 0 aliphatic carbocycles. The van der Waals surface area contributed by atoms with Crippen LogP contribution < -0.4 is 0 Å². The van der Waals surface area contributed by atoms with Crippen LogP contribution >= 0.6 is 11.3 Å². The fraction of sp³-hybridized carbons (Fsp3) is 0.182. The van der Waals surface area contributed by atoms with Crippen LogP contribution in [0.5, 0.6) is 0 Å². The van der Waals surface area contributed by atoms with Gasteiger partial charge in [-0.05, 0) is 12.5 Å². The fourth-order valence-corrected chi connectivity index (χ4v) is 1.85. The average molecular weight is 205 g/mol. The molecule has 0 radical (unpaired) electrons. The molecule has 1 aromatic carbocycles. The summed E-state index contributed by atoms with van der Waals surface area (Å²) in [6.45, 7) is 2.03. The lowest BCUT2D eigenvalue weighted by Crippen LogP contribution is -1.99. The number of hydrogen-bond acceptors (Lipinski definition) is 3. The lowest BCUT2D eigenvalue weighted by Gasteiger charge is -2.07. The van der Waals surface area contributed by atoms with Crippen LogP contribution in [0.4, 0.5) is 0 Å². The van der Waals surface area contributed by atoms with E-state index in [1.807, 2.05) is 36.6 Å². The van der Waals surface area contributed by atoms with Gasteiger partial charge < -0.3 is 5.11 Å². The SMILES string of the molecule is Cc1ccc(C(O)c2cscn2)cc1. The molecule has 0 fully saturated rings. The molecule has 3 heteroatoms. The lowest BCUT2D eigenvalue weighted by atomic mass is 10.1. The van der Waals surface area contributed by atoms with Crippen molar-refractivity contribution in [3.8, 4) is 0 Å². The van der Waals surface area contributed by atoms with Gasteiger partial charge in [-0.3, -0.25) is 0 Å². The van der Waals surface area contributed by atoms with Gasteiger partial charge in [0.1, 0.15) is 6.10 Å². The molecule has 2 rings (SSSR count). The van der Waals surface area contributed by atoms with E-state index in [0.717, 1.165) is 11.3 Å². The van der Waals surface area contributed by atoms with Gasteiger partial charge in [-0.25, -0.2) is 4.98 Å². The largest absolute Gasteiger partial charge is 0.382 e. The minimum absolute atomic E-state index is 0.596. The Morgan fingerprint density at radius 3 is 2.57 bits per heavy atom. The van der Waals surface area contributed by atoms with Gasteiger partial charge in [0, 0.05) is 5.38 Å². The summed E-state index contributed by atoms with van der Waals surface area (Å²) in [6, 6.07) is 7.84. The molecule has 0 spiro atoms. The average Bonchev–Trinajstić information content (AvgIpc) is 2.71. The highest BCUT2D eigenvalue weighted by atomic mass is 32.1. The third kappa shape index (κ3) is 1.84. The van der Waals surface area contributed by atoms with Crippen molar-refractivity contribution in [2.45, 2.75) is 13.0 Å². The first-order chi connectivity index (χ1) is 6.77. The molecule has 14 heavy (non-hydrogen) atoms. The number of benzene rings is 1. The van der Waals surface area contributed by atoms with E-state index in [1.165, 1.54) is 16.9 Å². The van der Waals surface area contributed by atoms with Gasteiger partial charge in [0.05, 0.1) is 11.2 Å². The Balaban J connectivity index is 2.28. The van der Waals surface area contributed by atoms with E-state index in [4.69, 9.17) is 0 Å². The third-order valence-corrected chi connectivity index (χ3v) is 2.73. The maximum Gasteiger partial charge on any atom is 0.122 e. The van der Waals surface area contributed by atoms with Crippen LogP contribution in [0.15, 0.2) is 35.2 Å². The van der Waals surface area contributed by atoms with E-state index in [1.54, 1.807) is 5.51 Å². The Bertz CT molecular complexity index is 394. The highest BCUT2D eigenvalue weighted by Gasteiger charge is 2.11. The minimum Gasteiger partial charge on any atom is -0.382 e. The second kappa shape index (κ2) is 3.90. The summed E-state index contributed by atoms with van der Waals surface area (Å²) in [4.78, 5) is 4.08. The molecule has 2 nitrogen and oxygen atoms in total. The first-order valence-corrected chi connectivity index (χ1v) is 5.34. The summed E-state index contributed by atoms with van der Waals surface area (Å²) in [5.74, 6) is 0. The molecule has 0 bridgehead atoms. The number of aliphatic hydroxyl groups excluding tert-OH is 1. The van der Waals surface area contributed by atoms with Crippen LogP contribution in [-0.4, -0.2) is 10.1 Å². The van der Waals surface area contributed by atoms with Gasteiger partial charge in [0.25, 0.3) is 0 Å². The predicted molar refractivity (Wildman–Crippen MR) is 57.4 cm³/mol. The Labute approximate surface area is 86.9 Å². The normalized spacial score (nSPS) is 12.7. The molecule has 1 atom stereocenters. The zero-order valence-corrected chi connectivity index (χ0v) is 8.66. The topological polar surface area (TPSA) is 33.1 Å². The molecule has 0 aliphatic heterocycles. The molecule has 0 saturated carbocycles. The molecular weight excluding hydrogens is 194 g/mol. The fourth-order valence-electron chi connectivity index (χ4n) is 1.28. The van der Waals surface area contributed by atoms with Crippen molar-refractivity contribution in [3.63, 3.8) is 0 Å². The summed E-state index contributed by atoms with van der Waals surface area (Å²) in [5, 5.41) is 11.8. The molecule has 2 aromatic rings. The first kappa shape index (κ1) is 9.37. The third-order valence-electron chi connectivity index (χ3n) is 2.12. The maximum atomic E-state index is 9.92. The van der Waals surface area contributed by atoms with E-state index in [-0.39, 0.29) is 0 Å². The molecule has 0 saturated heterocycles. The van der Waals surface area contributed by atoms with Crippen LogP contribution in [0.25, 0.3) is 0 Å². The quantitative estimate of drug-likeness (QED) is 0.817. The second-order valence-corrected chi connectivity index (χ2v) is 3.95. The summed E-state index contributed by atoms with van der Waals surface area (Å²) < 4.78 is 0. The maximum absolute atomic E-state index is 9.92. The number of aliphatic hydroxyl groups is 1. The number of aromatic nitrogens is 1. The van der Waals surface area contributed by atoms with Crippen molar-refractivity contribution in [2.24, 2.45) is 0 Å². The van der Waals surface area contributed by atoms with E-state index in [2.05, 4.69) is 4.98 Å². The van der Waals surface area contributed by atoms with Crippen LogP contribution in [0, 0.1) is 6.92 Å². The summed E-state index contributed by atoms with van der Waals surface area (Å²) >= 11 is 1.49. The van der Waals surface area contributed by atoms with Gasteiger partial charge in [0.2, 0.25) is 0 Å². The monoisotopic (exact) mass is 205 g/mol. The first-order valence-electron chi connectivity index (χ1n) is 4.40. The van der Waals surface area contributed by atoms with Crippen molar-refractivity contribution in [2.75, 3.05) is 0 Å². The van der Waals surface area contributed by atoms with E-state index in [0.29, 0.717) is 0 Å². The Morgan fingerprint density at radius 1 is 1.29 bits per heavy atom. The van der Waals surface area contributed by atoms with Gasteiger partial charge >= 0.3 is 0 Å². The zero-order valence-electron chi connectivity index (χ0n) is 7.84. The standard InChI is InChI=1S/C11H11NOS/c1-8-2-4-9(5-3-8)11(13)10-6-14-7-12-10/h2-7,11,13H,1H3. The highest BCUT2D eigenvalue weighted by molar-refractivity contribution is 7.07. The molecule has 1 unspecified atom stereocenters. The summed E-state index contributed by atoms with van der Waals surface area (Å²) in [7, 11) is 0. The number of rotatable bonds is 2. The van der Waals surface area contributed by atoms with Crippen LogP contribution in [0.3, 0.4) is 0 Å². The second-order valence-electron chi connectivity index (χ2n) is 3.23. The number of nitrogens with zero attached hydrogens (tertiary/aromatic N) is 1. The Morgan fingerprint density at radius 2 is 2.00 bits per heavy atom. The van der Waals surface area contributed by atoms with Crippen LogP contribution in [-0.2, 0) is 0 Å². The smallest absolute Gasteiger partial charge is 0.122 e. The van der Waals surface area contributed by atoms with Crippen molar-refractivity contribution >= 4 is 11.3 Å². The molecule has 1 heterocycles. The van der Waals surface area contributed by atoms with Gasteiger partial charge in [0.15, 0.2) is 0 Å². The number of thiazole rings is 1. The van der Waals surface area contributed by atoms with Gasteiger partial charge in [-0.15, -0.1) is 11.3 Å². The van der Waals surface area contributed by atoms with Crippen molar-refractivity contribution in [1.82, 2.24) is 4.98 Å². The molecule has 1 aromatic heterocycles. The predicted octanol–water partition coefficient (Wildman–Crippen LogP) is 2.53. The molecule has 72 valence electrons. The zero-order chi connectivity index (χ0) is 9.97. The number of aryl methyl sites for hydroxylation is 1. The minimum atomic E-state index is -0.596. The van der Waals surface area contributed by atoms with Crippen molar-refractivity contribution < 1.29 is 5.11 Å². The Kier molecular flexibility index (Phi) is 2.61. The van der Waals surface area contributed by atoms with Crippen LogP contribution in [0.1, 0.15) is 22.9 Å². The van der Waals surface area contributed by atoms with E-state index < -0.39 is 6.10 Å². The number of hydrogen-bond donors (Lipinski definition) is 1. The van der Waals surface area contributed by atoms with Crippen LogP contribution in [0.2, 0.25) is 0 Å². The van der Waals surface area contributed by atoms with Gasteiger partial charge in [-0.1, -0.05) is 29.8 Å². The van der Waals surface area contributed by atoms with Crippen molar-refractivity contribution in [1.29, 1.82) is 0 Å². The summed E-state index contributed by atoms with van der Waals surface area (Å²) in [6.07, 6.45) is -0.596. The van der Waals surface area contributed by atoms with E-state index in [9.17, 15) is 5.11 Å². The molecule has 0 aliphatic rings.